The van der Waals surface area contributed by atoms with Gasteiger partial charge in [0, 0.05) is 7.11 Å². The van der Waals surface area contributed by atoms with Gasteiger partial charge in [-0.15, -0.1) is 0 Å². The van der Waals surface area contributed by atoms with Crippen molar-refractivity contribution in [1.29, 1.82) is 0 Å². The lowest BCUT2D eigenvalue weighted by Gasteiger charge is -2.12. The van der Waals surface area contributed by atoms with Gasteiger partial charge in [-0.3, -0.25) is 0 Å². The lowest BCUT2D eigenvalue weighted by Crippen LogP contribution is -2.03. The minimum absolute atomic E-state index is 0.0490. The Morgan fingerprint density at radius 2 is 2.14 bits per heavy atom. The van der Waals surface area contributed by atoms with Crippen molar-refractivity contribution in [3.8, 4) is 5.75 Å². The van der Waals surface area contributed by atoms with Crippen molar-refractivity contribution in [3.05, 3.63) is 29.3 Å². The number of benzene rings is 1. The first kappa shape index (κ1) is 11.0. The van der Waals surface area contributed by atoms with Crippen LogP contribution in [0.2, 0.25) is 0 Å². The van der Waals surface area contributed by atoms with E-state index < -0.39 is 0 Å². The molecule has 0 heterocycles. The summed E-state index contributed by atoms with van der Waals surface area (Å²) in [5.74, 6) is 0.793. The van der Waals surface area contributed by atoms with Gasteiger partial charge in [-0.25, -0.2) is 0 Å². The SMILES string of the molecule is CCc1c(CO)cccc1OCOC. The van der Waals surface area contributed by atoms with E-state index in [0.717, 1.165) is 23.3 Å². The zero-order chi connectivity index (χ0) is 10.4. The molecule has 0 amide bonds. The van der Waals surface area contributed by atoms with E-state index in [2.05, 4.69) is 0 Å². The molecule has 0 saturated heterocycles. The molecule has 0 aliphatic rings. The van der Waals surface area contributed by atoms with Crippen LogP contribution in [0.4, 0.5) is 0 Å². The lowest BCUT2D eigenvalue weighted by atomic mass is 10.0. The van der Waals surface area contributed by atoms with Gasteiger partial charge in [0.1, 0.15) is 5.75 Å². The van der Waals surface area contributed by atoms with Crippen molar-refractivity contribution in [2.75, 3.05) is 13.9 Å². The monoisotopic (exact) mass is 196 g/mol. The van der Waals surface area contributed by atoms with E-state index in [1.54, 1.807) is 7.11 Å². The molecular formula is C11H16O3. The van der Waals surface area contributed by atoms with Crippen molar-refractivity contribution in [3.63, 3.8) is 0 Å². The normalized spacial score (nSPS) is 10.2. The second kappa shape index (κ2) is 5.62. The van der Waals surface area contributed by atoms with E-state index in [1.807, 2.05) is 25.1 Å². The predicted molar refractivity (Wildman–Crippen MR) is 54.2 cm³/mol. The number of rotatable bonds is 5. The zero-order valence-electron chi connectivity index (χ0n) is 8.62. The average molecular weight is 196 g/mol. The zero-order valence-corrected chi connectivity index (χ0v) is 8.62. The lowest BCUT2D eigenvalue weighted by molar-refractivity contribution is 0.0503. The maximum absolute atomic E-state index is 9.11. The maximum Gasteiger partial charge on any atom is 0.188 e. The van der Waals surface area contributed by atoms with E-state index in [-0.39, 0.29) is 13.4 Å². The van der Waals surface area contributed by atoms with Gasteiger partial charge in [-0.2, -0.15) is 0 Å². The van der Waals surface area contributed by atoms with Crippen LogP contribution in [0.15, 0.2) is 18.2 Å². The highest BCUT2D eigenvalue weighted by molar-refractivity contribution is 5.39. The third-order valence-corrected chi connectivity index (χ3v) is 2.09. The average Bonchev–Trinajstić information content (AvgIpc) is 2.25. The third-order valence-electron chi connectivity index (χ3n) is 2.09. The van der Waals surface area contributed by atoms with Crippen molar-refractivity contribution in [1.82, 2.24) is 0 Å². The Labute approximate surface area is 84.3 Å². The number of methoxy groups -OCH3 is 1. The summed E-state index contributed by atoms with van der Waals surface area (Å²) < 4.78 is 10.2. The first-order chi connectivity index (χ1) is 6.83. The van der Waals surface area contributed by atoms with Crippen LogP contribution in [0.1, 0.15) is 18.1 Å². The summed E-state index contributed by atoms with van der Waals surface area (Å²) in [6, 6.07) is 5.66. The van der Waals surface area contributed by atoms with E-state index in [1.165, 1.54) is 0 Å². The molecule has 1 N–H and O–H groups in total. The molecule has 1 aromatic rings. The fourth-order valence-corrected chi connectivity index (χ4v) is 1.42. The van der Waals surface area contributed by atoms with Crippen LogP contribution in [0.25, 0.3) is 0 Å². The third kappa shape index (κ3) is 2.47. The van der Waals surface area contributed by atoms with Gasteiger partial charge in [-0.05, 0) is 23.6 Å². The Morgan fingerprint density at radius 1 is 1.36 bits per heavy atom. The molecule has 3 heteroatoms. The quantitative estimate of drug-likeness (QED) is 0.729. The molecule has 0 unspecified atom stereocenters. The highest BCUT2D eigenvalue weighted by Crippen LogP contribution is 2.23. The molecule has 0 bridgehead atoms. The number of hydrogen-bond acceptors (Lipinski definition) is 3. The van der Waals surface area contributed by atoms with E-state index >= 15 is 0 Å². The predicted octanol–water partition coefficient (Wildman–Crippen LogP) is 1.72. The second-order valence-corrected chi connectivity index (χ2v) is 2.96. The van der Waals surface area contributed by atoms with E-state index in [4.69, 9.17) is 14.6 Å². The Morgan fingerprint density at radius 3 is 2.71 bits per heavy atom. The van der Waals surface area contributed by atoms with Crippen LogP contribution in [-0.2, 0) is 17.8 Å². The molecule has 1 aromatic carbocycles. The van der Waals surface area contributed by atoms with Crippen LogP contribution < -0.4 is 4.74 Å². The van der Waals surface area contributed by atoms with E-state index in [0.29, 0.717) is 0 Å². The van der Waals surface area contributed by atoms with Gasteiger partial charge in [0.25, 0.3) is 0 Å². The molecule has 1 rings (SSSR count). The Balaban J connectivity index is 2.90. The first-order valence-electron chi connectivity index (χ1n) is 4.66. The molecule has 0 radical (unpaired) electrons. The summed E-state index contributed by atoms with van der Waals surface area (Å²) in [5.41, 5.74) is 1.97. The minimum atomic E-state index is 0.0490. The van der Waals surface area contributed by atoms with Crippen LogP contribution in [0.3, 0.4) is 0 Å². The molecule has 14 heavy (non-hydrogen) atoms. The highest BCUT2D eigenvalue weighted by atomic mass is 16.7. The summed E-state index contributed by atoms with van der Waals surface area (Å²) in [7, 11) is 1.58. The van der Waals surface area contributed by atoms with Gasteiger partial charge in [0.05, 0.1) is 6.61 Å². The molecule has 0 fully saturated rings. The summed E-state index contributed by atoms with van der Waals surface area (Å²) in [6.45, 7) is 2.32. The fourth-order valence-electron chi connectivity index (χ4n) is 1.42. The number of hydrogen-bond donors (Lipinski definition) is 1. The van der Waals surface area contributed by atoms with Crippen LogP contribution in [0.5, 0.6) is 5.75 Å². The smallest absolute Gasteiger partial charge is 0.188 e. The molecular weight excluding hydrogens is 180 g/mol. The van der Waals surface area contributed by atoms with Crippen molar-refractivity contribution in [2.24, 2.45) is 0 Å². The second-order valence-electron chi connectivity index (χ2n) is 2.96. The highest BCUT2D eigenvalue weighted by Gasteiger charge is 2.06. The molecule has 0 aliphatic carbocycles. The number of aliphatic hydroxyl groups is 1. The van der Waals surface area contributed by atoms with Crippen LogP contribution >= 0.6 is 0 Å². The van der Waals surface area contributed by atoms with Crippen molar-refractivity contribution < 1.29 is 14.6 Å². The van der Waals surface area contributed by atoms with Crippen LogP contribution in [0, 0.1) is 0 Å². The molecule has 3 nitrogen and oxygen atoms in total. The Kier molecular flexibility index (Phi) is 4.43. The summed E-state index contributed by atoms with van der Waals surface area (Å²) in [6.07, 6.45) is 0.843. The fraction of sp³-hybridized carbons (Fsp3) is 0.455. The maximum atomic E-state index is 9.11. The molecule has 0 spiro atoms. The molecule has 78 valence electrons. The molecule has 0 aliphatic heterocycles. The Bertz CT molecular complexity index is 284. The van der Waals surface area contributed by atoms with Gasteiger partial charge in [0.2, 0.25) is 0 Å². The van der Waals surface area contributed by atoms with Crippen molar-refractivity contribution in [2.45, 2.75) is 20.0 Å². The first-order valence-corrected chi connectivity index (χ1v) is 4.66. The summed E-state index contributed by atoms with van der Waals surface area (Å²) >= 11 is 0. The van der Waals surface area contributed by atoms with E-state index in [9.17, 15) is 0 Å². The molecule has 0 saturated carbocycles. The minimum Gasteiger partial charge on any atom is -0.467 e. The van der Waals surface area contributed by atoms with Gasteiger partial charge in [0.15, 0.2) is 6.79 Å². The van der Waals surface area contributed by atoms with Crippen molar-refractivity contribution >= 4 is 0 Å². The molecule has 0 atom stereocenters. The molecule has 0 aromatic heterocycles. The topological polar surface area (TPSA) is 38.7 Å². The largest absolute Gasteiger partial charge is 0.467 e. The van der Waals surface area contributed by atoms with Crippen LogP contribution in [-0.4, -0.2) is 19.0 Å². The summed E-state index contributed by atoms with van der Waals surface area (Å²) in [4.78, 5) is 0. The van der Waals surface area contributed by atoms with Gasteiger partial charge in [-0.1, -0.05) is 19.1 Å². The summed E-state index contributed by atoms with van der Waals surface area (Å²) in [5, 5.41) is 9.11. The van der Waals surface area contributed by atoms with Gasteiger partial charge >= 0.3 is 0 Å². The standard InChI is InChI=1S/C11H16O3/c1-3-10-9(7-12)5-4-6-11(10)14-8-13-2/h4-6,12H,3,7-8H2,1-2H3. The number of ether oxygens (including phenoxy) is 2. The number of aliphatic hydroxyl groups excluding tert-OH is 1. The Hall–Kier alpha value is -1.06. The van der Waals surface area contributed by atoms with Gasteiger partial charge < -0.3 is 14.6 Å².